The van der Waals surface area contributed by atoms with Crippen molar-refractivity contribution in [1.82, 2.24) is 25.4 Å². The lowest BCUT2D eigenvalue weighted by Crippen LogP contribution is -1.95. The lowest BCUT2D eigenvalue weighted by molar-refractivity contribution is 0.781. The van der Waals surface area contributed by atoms with Crippen molar-refractivity contribution in [1.29, 1.82) is 0 Å². The van der Waals surface area contributed by atoms with Crippen molar-refractivity contribution in [2.45, 2.75) is 33.6 Å². The first kappa shape index (κ1) is 10.7. The second kappa shape index (κ2) is 4.00. The molecule has 2 aromatic rings. The summed E-state index contributed by atoms with van der Waals surface area (Å²) in [4.78, 5) is 4.45. The Kier molecular flexibility index (Phi) is 2.68. The minimum Gasteiger partial charge on any atom is -0.262 e. The van der Waals surface area contributed by atoms with Crippen LogP contribution < -0.4 is 0 Å². The molecule has 0 aliphatic rings. The van der Waals surface area contributed by atoms with Crippen LogP contribution >= 0.6 is 0 Å². The van der Waals surface area contributed by atoms with Crippen molar-refractivity contribution in [2.24, 2.45) is 0 Å². The molecule has 5 heteroatoms. The topological polar surface area (TPSA) is 67.3 Å². The molecule has 0 radical (unpaired) electrons. The highest BCUT2D eigenvalue weighted by molar-refractivity contribution is 5.57. The Hall–Kier alpha value is -1.78. The van der Waals surface area contributed by atoms with Gasteiger partial charge in [-0.1, -0.05) is 13.8 Å². The van der Waals surface area contributed by atoms with Crippen molar-refractivity contribution >= 4 is 0 Å². The van der Waals surface area contributed by atoms with Gasteiger partial charge in [-0.3, -0.25) is 5.10 Å². The highest BCUT2D eigenvalue weighted by atomic mass is 15.2. The lowest BCUT2D eigenvalue weighted by Gasteiger charge is -2.00. The summed E-state index contributed by atoms with van der Waals surface area (Å²) < 4.78 is 0. The van der Waals surface area contributed by atoms with E-state index in [2.05, 4.69) is 39.2 Å². The Labute approximate surface area is 94.3 Å². The zero-order valence-corrected chi connectivity index (χ0v) is 9.94. The molecule has 5 nitrogen and oxygen atoms in total. The van der Waals surface area contributed by atoms with Crippen LogP contribution in [0.2, 0.25) is 0 Å². The smallest absolute Gasteiger partial charge is 0.183 e. The Morgan fingerprint density at radius 3 is 2.56 bits per heavy atom. The third-order valence-electron chi connectivity index (χ3n) is 2.39. The van der Waals surface area contributed by atoms with E-state index < -0.39 is 0 Å². The fourth-order valence-electron chi connectivity index (χ4n) is 1.43. The summed E-state index contributed by atoms with van der Waals surface area (Å²) in [6.45, 7) is 7.97. The van der Waals surface area contributed by atoms with Gasteiger partial charge in [0.1, 0.15) is 5.82 Å². The van der Waals surface area contributed by atoms with Crippen molar-refractivity contribution in [3.63, 3.8) is 0 Å². The van der Waals surface area contributed by atoms with Crippen LogP contribution in [0.4, 0.5) is 0 Å². The molecule has 84 valence electrons. The molecule has 0 atom stereocenters. The van der Waals surface area contributed by atoms with Gasteiger partial charge in [0.25, 0.3) is 0 Å². The number of nitrogens with one attached hydrogen (secondary N) is 1. The summed E-state index contributed by atoms with van der Waals surface area (Å²) in [7, 11) is 0. The summed E-state index contributed by atoms with van der Waals surface area (Å²) in [5.74, 6) is 1.93. The number of aromatic amines is 1. The van der Waals surface area contributed by atoms with Gasteiger partial charge in [0.15, 0.2) is 5.82 Å². The number of hydrogen-bond acceptors (Lipinski definition) is 4. The van der Waals surface area contributed by atoms with Crippen molar-refractivity contribution in [2.75, 3.05) is 0 Å². The van der Waals surface area contributed by atoms with E-state index in [1.165, 1.54) is 0 Å². The summed E-state index contributed by atoms with van der Waals surface area (Å²) >= 11 is 0. The Morgan fingerprint density at radius 2 is 1.94 bits per heavy atom. The Morgan fingerprint density at radius 1 is 1.19 bits per heavy atom. The fraction of sp³-hybridized carbons (Fsp3) is 0.455. The van der Waals surface area contributed by atoms with Gasteiger partial charge >= 0.3 is 0 Å². The molecule has 0 aliphatic heterocycles. The summed E-state index contributed by atoms with van der Waals surface area (Å²) in [6.07, 6.45) is 0. The summed E-state index contributed by atoms with van der Waals surface area (Å²) in [5.41, 5.74) is 2.66. The van der Waals surface area contributed by atoms with Crippen LogP contribution in [0.25, 0.3) is 11.4 Å². The first-order valence-corrected chi connectivity index (χ1v) is 5.31. The average molecular weight is 217 g/mol. The van der Waals surface area contributed by atoms with E-state index in [4.69, 9.17) is 0 Å². The highest BCUT2D eigenvalue weighted by Crippen LogP contribution is 2.19. The summed E-state index contributed by atoms with van der Waals surface area (Å²) in [6, 6.07) is 1.95. The van der Waals surface area contributed by atoms with Gasteiger partial charge < -0.3 is 0 Å². The van der Waals surface area contributed by atoms with Crippen LogP contribution in [0.1, 0.15) is 37.0 Å². The number of nitrogens with zero attached hydrogens (tertiary/aromatic N) is 4. The van der Waals surface area contributed by atoms with E-state index in [0.717, 1.165) is 22.8 Å². The average Bonchev–Trinajstić information content (AvgIpc) is 2.70. The molecule has 0 aromatic carbocycles. The SMILES string of the molecule is Cc1cc(-c2n[nH]c(C(C)C)n2)c(C)nn1. The number of aromatic nitrogens is 5. The number of hydrogen-bond donors (Lipinski definition) is 1. The molecule has 2 heterocycles. The molecule has 0 fully saturated rings. The fourth-order valence-corrected chi connectivity index (χ4v) is 1.43. The molecular weight excluding hydrogens is 202 g/mol. The first-order valence-electron chi connectivity index (χ1n) is 5.31. The second-order valence-corrected chi connectivity index (χ2v) is 4.18. The van der Waals surface area contributed by atoms with Gasteiger partial charge in [0.2, 0.25) is 0 Å². The third kappa shape index (κ3) is 1.93. The molecule has 0 unspecified atom stereocenters. The molecule has 0 saturated heterocycles. The van der Waals surface area contributed by atoms with Gasteiger partial charge in [0, 0.05) is 11.5 Å². The van der Waals surface area contributed by atoms with Crippen LogP contribution in [0.3, 0.4) is 0 Å². The van der Waals surface area contributed by atoms with Gasteiger partial charge in [-0.2, -0.15) is 15.3 Å². The maximum atomic E-state index is 4.45. The third-order valence-corrected chi connectivity index (χ3v) is 2.39. The van der Waals surface area contributed by atoms with Crippen molar-refractivity contribution < 1.29 is 0 Å². The highest BCUT2D eigenvalue weighted by Gasteiger charge is 2.11. The zero-order valence-electron chi connectivity index (χ0n) is 9.94. The molecule has 2 aromatic heterocycles. The van der Waals surface area contributed by atoms with Crippen LogP contribution in [0.15, 0.2) is 6.07 Å². The molecule has 0 spiro atoms. The molecule has 0 saturated carbocycles. The van der Waals surface area contributed by atoms with Crippen molar-refractivity contribution in [3.05, 3.63) is 23.3 Å². The molecule has 16 heavy (non-hydrogen) atoms. The maximum Gasteiger partial charge on any atom is 0.183 e. The van der Waals surface area contributed by atoms with E-state index in [-0.39, 0.29) is 0 Å². The van der Waals surface area contributed by atoms with Crippen LogP contribution in [0, 0.1) is 13.8 Å². The standard InChI is InChI=1S/C11H15N5/c1-6(2)10-12-11(16-15-10)9-5-7(3)13-14-8(9)4/h5-6H,1-4H3,(H,12,15,16). The zero-order chi connectivity index (χ0) is 11.7. The van der Waals surface area contributed by atoms with E-state index in [9.17, 15) is 0 Å². The predicted molar refractivity (Wildman–Crippen MR) is 61.0 cm³/mol. The number of rotatable bonds is 2. The number of H-pyrrole nitrogens is 1. The van der Waals surface area contributed by atoms with Crippen LogP contribution in [-0.2, 0) is 0 Å². The van der Waals surface area contributed by atoms with E-state index in [0.29, 0.717) is 11.7 Å². The predicted octanol–water partition coefficient (Wildman–Crippen LogP) is 2.00. The van der Waals surface area contributed by atoms with Crippen molar-refractivity contribution in [3.8, 4) is 11.4 Å². The number of aryl methyl sites for hydroxylation is 2. The molecule has 1 N–H and O–H groups in total. The lowest BCUT2D eigenvalue weighted by atomic mass is 10.2. The largest absolute Gasteiger partial charge is 0.262 e. The minimum atomic E-state index is 0.345. The normalized spacial score (nSPS) is 11.1. The van der Waals surface area contributed by atoms with Crippen LogP contribution in [-0.4, -0.2) is 25.4 Å². The quantitative estimate of drug-likeness (QED) is 0.835. The van der Waals surface area contributed by atoms with E-state index in [1.807, 2.05) is 19.9 Å². The minimum absolute atomic E-state index is 0.345. The molecule has 0 aliphatic carbocycles. The van der Waals surface area contributed by atoms with Gasteiger partial charge in [0.05, 0.1) is 11.4 Å². The molecule has 0 amide bonds. The Bertz CT molecular complexity index is 501. The first-order chi connectivity index (χ1) is 7.58. The van der Waals surface area contributed by atoms with Gasteiger partial charge in [-0.25, -0.2) is 4.98 Å². The summed E-state index contributed by atoms with van der Waals surface area (Å²) in [5, 5.41) is 15.2. The van der Waals surface area contributed by atoms with Crippen LogP contribution in [0.5, 0.6) is 0 Å². The molecular formula is C11H15N5. The van der Waals surface area contributed by atoms with Gasteiger partial charge in [-0.15, -0.1) is 0 Å². The maximum absolute atomic E-state index is 4.45. The monoisotopic (exact) mass is 217 g/mol. The molecule has 2 rings (SSSR count). The molecule has 0 bridgehead atoms. The Balaban J connectivity index is 2.46. The van der Waals surface area contributed by atoms with E-state index in [1.54, 1.807) is 0 Å². The second-order valence-electron chi connectivity index (χ2n) is 4.18. The van der Waals surface area contributed by atoms with Gasteiger partial charge in [-0.05, 0) is 19.9 Å². The van der Waals surface area contributed by atoms with E-state index >= 15 is 0 Å².